The molecule has 1 saturated carbocycles. The van der Waals surface area contributed by atoms with Crippen LogP contribution in [0.5, 0.6) is 0 Å². The summed E-state index contributed by atoms with van der Waals surface area (Å²) in [5, 5.41) is 0. The molecule has 3 unspecified atom stereocenters. The first-order valence-corrected chi connectivity index (χ1v) is 10.5. The molecular weight excluding hydrogens is 348 g/mol. The Hall–Kier alpha value is -0.820. The van der Waals surface area contributed by atoms with Crippen molar-refractivity contribution < 1.29 is 9.47 Å². The molecule has 0 spiro atoms. The van der Waals surface area contributed by atoms with Crippen LogP contribution in [-0.2, 0) is 15.9 Å². The zero-order chi connectivity index (χ0) is 18.1. The number of nitrogens with zero attached hydrogens (tertiary/aromatic N) is 1. The molecule has 0 amide bonds. The zero-order valence-corrected chi connectivity index (χ0v) is 16.4. The number of aromatic nitrogens is 1. The lowest BCUT2D eigenvalue weighted by molar-refractivity contribution is -0.104. The lowest BCUT2D eigenvalue weighted by atomic mass is 9.81. The van der Waals surface area contributed by atoms with E-state index in [1.54, 1.807) is 0 Å². The van der Waals surface area contributed by atoms with Gasteiger partial charge in [0.1, 0.15) is 0 Å². The lowest BCUT2D eigenvalue weighted by Gasteiger charge is -2.39. The van der Waals surface area contributed by atoms with Crippen LogP contribution in [0.25, 0.3) is 0 Å². The molecule has 144 valence electrons. The van der Waals surface area contributed by atoms with Crippen molar-refractivity contribution in [3.63, 3.8) is 0 Å². The van der Waals surface area contributed by atoms with Crippen LogP contribution in [0.2, 0.25) is 0 Å². The highest BCUT2D eigenvalue weighted by molar-refractivity contribution is 7.78. The van der Waals surface area contributed by atoms with Crippen molar-refractivity contribution in [1.82, 2.24) is 9.29 Å². The van der Waals surface area contributed by atoms with Gasteiger partial charge < -0.3 is 14.0 Å². The molecule has 3 heterocycles. The van der Waals surface area contributed by atoms with E-state index in [1.807, 2.05) is 17.6 Å². The van der Waals surface area contributed by atoms with Crippen molar-refractivity contribution in [2.24, 2.45) is 5.92 Å². The maximum Gasteiger partial charge on any atom is 0.254 e. The van der Waals surface area contributed by atoms with E-state index in [1.165, 1.54) is 19.3 Å². The van der Waals surface area contributed by atoms with Crippen molar-refractivity contribution in [3.8, 4) is 0 Å². The zero-order valence-electron chi connectivity index (χ0n) is 15.5. The maximum absolute atomic E-state index is 12.7. The number of nitrogens with one attached hydrogen (secondary N) is 1. The molecule has 2 aliphatic heterocycles. The first-order valence-electron chi connectivity index (χ1n) is 10.0. The molecule has 3 aliphatic rings. The SMILES string of the molecule is Cc1ccc2n(c1=O)C(COC1CCC(C3CCO3)CC1)C(NS)CC2. The van der Waals surface area contributed by atoms with Gasteiger partial charge >= 0.3 is 0 Å². The second-order valence-corrected chi connectivity index (χ2v) is 8.35. The van der Waals surface area contributed by atoms with Gasteiger partial charge in [-0.1, -0.05) is 18.9 Å². The van der Waals surface area contributed by atoms with Crippen LogP contribution in [0.1, 0.15) is 55.8 Å². The number of pyridine rings is 1. The number of thiol groups is 1. The molecule has 0 radical (unpaired) electrons. The Labute approximate surface area is 161 Å². The quantitative estimate of drug-likeness (QED) is 0.774. The molecule has 0 bridgehead atoms. The molecule has 26 heavy (non-hydrogen) atoms. The summed E-state index contributed by atoms with van der Waals surface area (Å²) in [4.78, 5) is 12.7. The molecule has 0 aromatic carbocycles. The van der Waals surface area contributed by atoms with Crippen molar-refractivity contribution >= 4 is 12.8 Å². The van der Waals surface area contributed by atoms with Gasteiger partial charge in [-0.2, -0.15) is 0 Å². The van der Waals surface area contributed by atoms with Gasteiger partial charge in [0, 0.05) is 23.9 Å². The smallest absolute Gasteiger partial charge is 0.254 e. The summed E-state index contributed by atoms with van der Waals surface area (Å²) in [6, 6.07) is 4.19. The predicted octanol–water partition coefficient (Wildman–Crippen LogP) is 2.81. The third-order valence-electron chi connectivity index (χ3n) is 6.55. The summed E-state index contributed by atoms with van der Waals surface area (Å²) in [5.74, 6) is 0.719. The van der Waals surface area contributed by atoms with Crippen molar-refractivity contribution in [2.45, 2.75) is 76.2 Å². The fourth-order valence-corrected chi connectivity index (χ4v) is 5.07. The predicted molar refractivity (Wildman–Crippen MR) is 105 cm³/mol. The van der Waals surface area contributed by atoms with Gasteiger partial charge in [0.2, 0.25) is 0 Å². The van der Waals surface area contributed by atoms with Gasteiger partial charge in [-0.05, 0) is 63.9 Å². The first-order chi connectivity index (χ1) is 12.7. The summed E-state index contributed by atoms with van der Waals surface area (Å²) in [6.07, 6.45) is 8.51. The van der Waals surface area contributed by atoms with E-state index in [0.717, 1.165) is 49.5 Å². The summed E-state index contributed by atoms with van der Waals surface area (Å²) < 4.78 is 17.0. The van der Waals surface area contributed by atoms with E-state index in [2.05, 4.69) is 23.6 Å². The van der Waals surface area contributed by atoms with E-state index in [4.69, 9.17) is 9.47 Å². The highest BCUT2D eigenvalue weighted by Gasteiger charge is 2.34. The van der Waals surface area contributed by atoms with Crippen LogP contribution in [0.3, 0.4) is 0 Å². The average Bonchev–Trinajstić information content (AvgIpc) is 2.62. The minimum atomic E-state index is 0.0105. The molecule has 1 N–H and O–H groups in total. The number of fused-ring (bicyclic) bond motifs is 1. The van der Waals surface area contributed by atoms with Crippen LogP contribution in [0, 0.1) is 12.8 Å². The van der Waals surface area contributed by atoms with Gasteiger partial charge in [-0.25, -0.2) is 0 Å². The third kappa shape index (κ3) is 3.61. The molecule has 1 saturated heterocycles. The maximum atomic E-state index is 12.7. The Bertz CT molecular complexity index is 680. The van der Waals surface area contributed by atoms with Crippen LogP contribution in [0.4, 0.5) is 0 Å². The Morgan fingerprint density at radius 2 is 2.00 bits per heavy atom. The van der Waals surface area contributed by atoms with Crippen molar-refractivity contribution in [3.05, 3.63) is 33.7 Å². The molecule has 1 aliphatic carbocycles. The normalized spacial score (nSPS) is 34.2. The molecule has 1 aromatic heterocycles. The van der Waals surface area contributed by atoms with E-state index in [-0.39, 0.29) is 17.6 Å². The second kappa shape index (κ2) is 8.05. The van der Waals surface area contributed by atoms with Gasteiger partial charge in [0.15, 0.2) is 0 Å². The highest BCUT2D eigenvalue weighted by atomic mass is 32.1. The van der Waals surface area contributed by atoms with Crippen molar-refractivity contribution in [1.29, 1.82) is 0 Å². The standard InChI is InChI=1S/C20H30N2O3S/c1-13-2-5-15-6-9-17(21-26)18(22(15)20(13)23)12-25-16-7-3-14(4-8-16)19-10-11-24-19/h2,5,14,16-19,21,26H,3-4,6-12H2,1H3. The van der Waals surface area contributed by atoms with Gasteiger partial charge in [0.05, 0.1) is 24.9 Å². The molecule has 5 nitrogen and oxygen atoms in total. The second-order valence-electron chi connectivity index (χ2n) is 8.09. The van der Waals surface area contributed by atoms with E-state index < -0.39 is 0 Å². The Kier molecular flexibility index (Phi) is 5.74. The Morgan fingerprint density at radius 3 is 2.65 bits per heavy atom. The fraction of sp³-hybridized carbons (Fsp3) is 0.750. The monoisotopic (exact) mass is 378 g/mol. The fourth-order valence-electron chi connectivity index (χ4n) is 4.77. The summed E-state index contributed by atoms with van der Waals surface area (Å²) in [6.45, 7) is 3.40. The third-order valence-corrected chi connectivity index (χ3v) is 6.88. The molecule has 1 aromatic rings. The van der Waals surface area contributed by atoms with Crippen LogP contribution in [-0.4, -0.2) is 36.0 Å². The van der Waals surface area contributed by atoms with E-state index >= 15 is 0 Å². The largest absolute Gasteiger partial charge is 0.378 e. The molecule has 6 heteroatoms. The molecule has 3 atom stereocenters. The Balaban J connectivity index is 1.41. The summed E-state index contributed by atoms with van der Waals surface area (Å²) in [5.41, 5.74) is 2.01. The molecule has 2 fully saturated rings. The first kappa shape index (κ1) is 18.5. The number of hydrogen-bond acceptors (Lipinski definition) is 5. The number of rotatable bonds is 5. The van der Waals surface area contributed by atoms with Gasteiger partial charge in [-0.15, -0.1) is 0 Å². The Morgan fingerprint density at radius 1 is 1.23 bits per heavy atom. The van der Waals surface area contributed by atoms with Crippen LogP contribution >= 0.6 is 12.8 Å². The average molecular weight is 379 g/mol. The summed E-state index contributed by atoms with van der Waals surface area (Å²) >= 11 is 4.31. The number of ether oxygens (including phenoxy) is 2. The van der Waals surface area contributed by atoms with E-state index in [9.17, 15) is 4.79 Å². The lowest BCUT2D eigenvalue weighted by Crippen LogP contribution is -2.46. The molecular formula is C20H30N2O3S. The topological polar surface area (TPSA) is 52.5 Å². The summed E-state index contributed by atoms with van der Waals surface area (Å²) in [7, 11) is 0. The van der Waals surface area contributed by atoms with Crippen LogP contribution in [0.15, 0.2) is 16.9 Å². The van der Waals surface area contributed by atoms with Gasteiger partial charge in [-0.3, -0.25) is 9.52 Å². The minimum absolute atomic E-state index is 0.0105. The van der Waals surface area contributed by atoms with Crippen LogP contribution < -0.4 is 10.3 Å². The van der Waals surface area contributed by atoms with Crippen molar-refractivity contribution in [2.75, 3.05) is 13.2 Å². The molecule has 4 rings (SSSR count). The van der Waals surface area contributed by atoms with Gasteiger partial charge in [0.25, 0.3) is 5.56 Å². The van der Waals surface area contributed by atoms with E-state index in [0.29, 0.717) is 18.8 Å². The highest BCUT2D eigenvalue weighted by Crippen LogP contribution is 2.35. The number of aryl methyl sites for hydroxylation is 2. The number of hydrogen-bond donors (Lipinski definition) is 2. The minimum Gasteiger partial charge on any atom is -0.378 e.